The second kappa shape index (κ2) is 12.7. The molecule has 9 heteroatoms. The van der Waals surface area contributed by atoms with Crippen LogP contribution in [-0.2, 0) is 16.1 Å². The molecule has 1 aromatic carbocycles. The maximum absolute atomic E-state index is 12.1. The average molecular weight is 435 g/mol. The molecule has 0 saturated heterocycles. The van der Waals surface area contributed by atoms with E-state index in [1.54, 1.807) is 32.3 Å². The largest absolute Gasteiger partial charge is 0.493 e. The van der Waals surface area contributed by atoms with E-state index in [4.69, 9.17) is 9.47 Å². The van der Waals surface area contributed by atoms with Gasteiger partial charge in [0.2, 0.25) is 5.91 Å². The van der Waals surface area contributed by atoms with Crippen molar-refractivity contribution in [1.29, 1.82) is 0 Å². The number of carbonyl (C=O) groups is 3. The normalized spacial score (nSPS) is 13.8. The Morgan fingerprint density at radius 1 is 1.06 bits per heavy atom. The highest BCUT2D eigenvalue weighted by molar-refractivity contribution is 5.78. The number of benzene rings is 1. The Hall–Kier alpha value is -2.97. The molecule has 0 aliphatic heterocycles. The number of carbonyl (C=O) groups excluding carboxylic acids is 3. The predicted molar refractivity (Wildman–Crippen MR) is 117 cm³/mol. The molecule has 1 aliphatic carbocycles. The van der Waals surface area contributed by atoms with Crippen LogP contribution in [0.3, 0.4) is 0 Å². The molecule has 1 saturated carbocycles. The van der Waals surface area contributed by atoms with E-state index >= 15 is 0 Å². The summed E-state index contributed by atoms with van der Waals surface area (Å²) in [5, 5.41) is 8.52. The fourth-order valence-corrected chi connectivity index (χ4v) is 3.27. The SMILES string of the molecule is COc1cc(CNC(=O)CCNC(=O)NC2CCCCC2)ccc1OCC(=O)N(C)C. The number of urea groups is 1. The molecule has 3 N–H and O–H groups in total. The summed E-state index contributed by atoms with van der Waals surface area (Å²) in [6, 6.07) is 5.29. The second-order valence-electron chi connectivity index (χ2n) is 7.82. The molecule has 31 heavy (non-hydrogen) atoms. The van der Waals surface area contributed by atoms with Gasteiger partial charge in [0.25, 0.3) is 5.91 Å². The van der Waals surface area contributed by atoms with Crippen molar-refractivity contribution in [3.8, 4) is 11.5 Å². The summed E-state index contributed by atoms with van der Waals surface area (Å²) in [6.07, 6.45) is 5.78. The van der Waals surface area contributed by atoms with Crippen LogP contribution in [0, 0.1) is 0 Å². The van der Waals surface area contributed by atoms with E-state index in [-0.39, 0.29) is 43.5 Å². The van der Waals surface area contributed by atoms with Gasteiger partial charge >= 0.3 is 6.03 Å². The van der Waals surface area contributed by atoms with Gasteiger partial charge < -0.3 is 30.3 Å². The van der Waals surface area contributed by atoms with E-state index in [0.29, 0.717) is 18.0 Å². The Bertz CT molecular complexity index is 747. The molecule has 0 bridgehead atoms. The number of rotatable bonds is 10. The van der Waals surface area contributed by atoms with Crippen molar-refractivity contribution in [3.05, 3.63) is 23.8 Å². The molecule has 0 heterocycles. The van der Waals surface area contributed by atoms with Crippen molar-refractivity contribution < 1.29 is 23.9 Å². The highest BCUT2D eigenvalue weighted by atomic mass is 16.5. The van der Waals surface area contributed by atoms with Gasteiger partial charge in [0, 0.05) is 39.6 Å². The molecule has 0 atom stereocenters. The number of hydrogen-bond acceptors (Lipinski definition) is 5. The van der Waals surface area contributed by atoms with Crippen molar-refractivity contribution in [3.63, 3.8) is 0 Å². The highest BCUT2D eigenvalue weighted by Crippen LogP contribution is 2.28. The van der Waals surface area contributed by atoms with Gasteiger partial charge in [-0.05, 0) is 30.5 Å². The molecule has 0 spiro atoms. The third-order valence-corrected chi connectivity index (χ3v) is 5.15. The van der Waals surface area contributed by atoms with Crippen LogP contribution in [0.1, 0.15) is 44.1 Å². The minimum absolute atomic E-state index is 0.0826. The van der Waals surface area contributed by atoms with Crippen LogP contribution in [0.15, 0.2) is 18.2 Å². The first kappa shape index (κ1) is 24.3. The minimum atomic E-state index is -0.215. The lowest BCUT2D eigenvalue weighted by atomic mass is 9.96. The quantitative estimate of drug-likeness (QED) is 0.520. The first-order valence-electron chi connectivity index (χ1n) is 10.7. The van der Waals surface area contributed by atoms with Crippen LogP contribution in [-0.4, -0.2) is 63.1 Å². The Balaban J connectivity index is 1.70. The van der Waals surface area contributed by atoms with Crippen LogP contribution in [0.4, 0.5) is 4.79 Å². The van der Waals surface area contributed by atoms with Crippen molar-refractivity contribution in [1.82, 2.24) is 20.9 Å². The summed E-state index contributed by atoms with van der Waals surface area (Å²) < 4.78 is 10.8. The van der Waals surface area contributed by atoms with Gasteiger partial charge in [-0.25, -0.2) is 4.79 Å². The van der Waals surface area contributed by atoms with E-state index in [9.17, 15) is 14.4 Å². The number of nitrogens with zero attached hydrogens (tertiary/aromatic N) is 1. The Labute approximate surface area is 183 Å². The Morgan fingerprint density at radius 2 is 1.81 bits per heavy atom. The number of amides is 4. The lowest BCUT2D eigenvalue weighted by molar-refractivity contribution is -0.130. The summed E-state index contributed by atoms with van der Waals surface area (Å²) in [5.41, 5.74) is 0.833. The molecule has 0 radical (unpaired) electrons. The van der Waals surface area contributed by atoms with Gasteiger partial charge in [-0.2, -0.15) is 0 Å². The van der Waals surface area contributed by atoms with Gasteiger partial charge in [-0.3, -0.25) is 9.59 Å². The fourth-order valence-electron chi connectivity index (χ4n) is 3.27. The maximum Gasteiger partial charge on any atom is 0.315 e. The highest BCUT2D eigenvalue weighted by Gasteiger charge is 2.15. The standard InChI is InChI=1S/C22H34N4O5/c1-26(2)21(28)15-31-18-10-9-16(13-19(18)30-3)14-24-20(27)11-12-23-22(29)25-17-7-5-4-6-8-17/h9-10,13,17H,4-8,11-12,14-15H2,1-3H3,(H,24,27)(H2,23,25,29). The van der Waals surface area contributed by atoms with E-state index in [1.165, 1.54) is 18.4 Å². The summed E-state index contributed by atoms with van der Waals surface area (Å²) in [6.45, 7) is 0.515. The molecule has 4 amide bonds. The third-order valence-electron chi connectivity index (χ3n) is 5.15. The van der Waals surface area contributed by atoms with Crippen LogP contribution in [0.25, 0.3) is 0 Å². The van der Waals surface area contributed by atoms with Gasteiger partial charge in [0.15, 0.2) is 18.1 Å². The molecular formula is C22H34N4O5. The number of likely N-dealkylation sites (N-methyl/N-ethyl adjacent to an activating group) is 1. The van der Waals surface area contributed by atoms with Crippen molar-refractivity contribution in [2.75, 3.05) is 34.4 Å². The zero-order valence-electron chi connectivity index (χ0n) is 18.7. The van der Waals surface area contributed by atoms with Crippen LogP contribution >= 0.6 is 0 Å². The zero-order valence-corrected chi connectivity index (χ0v) is 18.7. The predicted octanol–water partition coefficient (Wildman–Crippen LogP) is 1.80. The molecule has 0 aromatic heterocycles. The topological polar surface area (TPSA) is 109 Å². The summed E-state index contributed by atoms with van der Waals surface area (Å²) in [4.78, 5) is 37.1. The summed E-state index contributed by atoms with van der Waals surface area (Å²) in [7, 11) is 4.84. The molecule has 9 nitrogen and oxygen atoms in total. The average Bonchev–Trinajstić information content (AvgIpc) is 2.76. The lowest BCUT2D eigenvalue weighted by Crippen LogP contribution is -2.43. The molecule has 172 valence electrons. The van der Waals surface area contributed by atoms with E-state index in [2.05, 4.69) is 16.0 Å². The van der Waals surface area contributed by atoms with Crippen LogP contribution in [0.2, 0.25) is 0 Å². The molecular weight excluding hydrogens is 400 g/mol. The van der Waals surface area contributed by atoms with Crippen LogP contribution < -0.4 is 25.4 Å². The first-order chi connectivity index (χ1) is 14.9. The monoisotopic (exact) mass is 434 g/mol. The van der Waals surface area contributed by atoms with Crippen molar-refractivity contribution in [2.24, 2.45) is 0 Å². The number of hydrogen-bond donors (Lipinski definition) is 3. The molecule has 1 aromatic rings. The smallest absolute Gasteiger partial charge is 0.315 e. The number of methoxy groups -OCH3 is 1. The molecule has 1 aliphatic rings. The van der Waals surface area contributed by atoms with Gasteiger partial charge in [-0.15, -0.1) is 0 Å². The van der Waals surface area contributed by atoms with Gasteiger partial charge in [-0.1, -0.05) is 25.3 Å². The third kappa shape index (κ3) is 8.74. The Kier molecular flexibility index (Phi) is 9.93. The fraction of sp³-hybridized carbons (Fsp3) is 0.591. The van der Waals surface area contributed by atoms with Crippen LogP contribution in [0.5, 0.6) is 11.5 Å². The van der Waals surface area contributed by atoms with Crippen molar-refractivity contribution >= 4 is 17.8 Å². The van der Waals surface area contributed by atoms with Crippen molar-refractivity contribution in [2.45, 2.75) is 51.1 Å². The number of nitrogens with one attached hydrogen (secondary N) is 3. The van der Waals surface area contributed by atoms with Gasteiger partial charge in [0.05, 0.1) is 7.11 Å². The lowest BCUT2D eigenvalue weighted by Gasteiger charge is -2.22. The minimum Gasteiger partial charge on any atom is -0.493 e. The summed E-state index contributed by atoms with van der Waals surface area (Å²) in [5.74, 6) is 0.633. The summed E-state index contributed by atoms with van der Waals surface area (Å²) >= 11 is 0. The zero-order chi connectivity index (χ0) is 22.6. The maximum atomic E-state index is 12.1. The van der Waals surface area contributed by atoms with E-state index < -0.39 is 0 Å². The van der Waals surface area contributed by atoms with E-state index in [0.717, 1.165) is 31.2 Å². The Morgan fingerprint density at radius 3 is 2.48 bits per heavy atom. The molecule has 1 fully saturated rings. The van der Waals surface area contributed by atoms with E-state index in [1.807, 2.05) is 0 Å². The second-order valence-corrected chi connectivity index (χ2v) is 7.82. The molecule has 2 rings (SSSR count). The number of ether oxygens (including phenoxy) is 2. The van der Waals surface area contributed by atoms with Gasteiger partial charge in [0.1, 0.15) is 0 Å². The molecule has 0 unspecified atom stereocenters. The first-order valence-corrected chi connectivity index (χ1v) is 10.7.